The predicted molar refractivity (Wildman–Crippen MR) is 76.9 cm³/mol. The van der Waals surface area contributed by atoms with Crippen LogP contribution in [0.2, 0.25) is 5.82 Å². The van der Waals surface area contributed by atoms with E-state index in [9.17, 15) is 4.79 Å². The SMILES string of the molecule is C[Se]c1ccccc1C(=O)N(C)c1ccccc1. The average molecular weight is 304 g/mol. The van der Waals surface area contributed by atoms with Crippen molar-refractivity contribution in [3.05, 3.63) is 60.2 Å². The molecule has 2 aromatic carbocycles. The van der Waals surface area contributed by atoms with Crippen LogP contribution in [0.1, 0.15) is 10.4 Å². The molecule has 0 spiro atoms. The van der Waals surface area contributed by atoms with E-state index in [0.29, 0.717) is 15.0 Å². The molecule has 0 atom stereocenters. The summed E-state index contributed by atoms with van der Waals surface area (Å²) in [5.74, 6) is 2.18. The topological polar surface area (TPSA) is 20.3 Å². The van der Waals surface area contributed by atoms with Crippen molar-refractivity contribution in [3.63, 3.8) is 0 Å². The van der Waals surface area contributed by atoms with Gasteiger partial charge in [-0.15, -0.1) is 0 Å². The molecular weight excluding hydrogens is 289 g/mol. The van der Waals surface area contributed by atoms with Gasteiger partial charge >= 0.3 is 114 Å². The maximum atomic E-state index is 12.5. The van der Waals surface area contributed by atoms with Gasteiger partial charge in [-0.25, -0.2) is 0 Å². The summed E-state index contributed by atoms with van der Waals surface area (Å²) in [6.07, 6.45) is 0. The van der Waals surface area contributed by atoms with E-state index in [1.54, 1.807) is 4.90 Å². The van der Waals surface area contributed by atoms with Gasteiger partial charge in [-0.3, -0.25) is 0 Å². The quantitative estimate of drug-likeness (QED) is 0.797. The molecule has 0 saturated carbocycles. The van der Waals surface area contributed by atoms with Crippen LogP contribution >= 0.6 is 0 Å². The standard InChI is InChI=1S/C15H15NOSe/c1-16(12-8-4-3-5-9-12)15(17)13-10-6-7-11-14(13)18-2/h3-11H,1-2H3. The third kappa shape index (κ3) is 2.63. The molecule has 2 aromatic rings. The average Bonchev–Trinajstić information content (AvgIpc) is 2.46. The van der Waals surface area contributed by atoms with Crippen LogP contribution in [0, 0.1) is 0 Å². The number of nitrogens with zero attached hydrogens (tertiary/aromatic N) is 1. The fourth-order valence-corrected chi connectivity index (χ4v) is 3.01. The second-order valence-corrected chi connectivity index (χ2v) is 5.68. The van der Waals surface area contributed by atoms with E-state index in [1.165, 1.54) is 0 Å². The zero-order valence-electron chi connectivity index (χ0n) is 10.5. The second-order valence-electron chi connectivity index (χ2n) is 3.90. The number of para-hydroxylation sites is 1. The van der Waals surface area contributed by atoms with E-state index in [1.807, 2.05) is 61.6 Å². The first-order valence-corrected chi connectivity index (χ1v) is 8.27. The molecule has 0 aromatic heterocycles. The third-order valence-corrected chi connectivity index (χ3v) is 4.46. The van der Waals surface area contributed by atoms with Gasteiger partial charge in [-0.2, -0.15) is 0 Å². The molecule has 0 heterocycles. The minimum atomic E-state index is 0.0560. The van der Waals surface area contributed by atoms with E-state index in [4.69, 9.17) is 0 Å². The first kappa shape index (κ1) is 12.9. The molecule has 2 rings (SSSR count). The summed E-state index contributed by atoms with van der Waals surface area (Å²) in [5, 5.41) is 0. The van der Waals surface area contributed by atoms with E-state index in [-0.39, 0.29) is 5.91 Å². The number of carbonyl (C=O) groups is 1. The Kier molecular flexibility index (Phi) is 4.19. The first-order valence-electron chi connectivity index (χ1n) is 5.70. The molecule has 0 unspecified atom stereocenters. The molecule has 0 aliphatic rings. The molecular formula is C15H15NOSe. The van der Waals surface area contributed by atoms with Gasteiger partial charge in [0.05, 0.1) is 0 Å². The number of carbonyl (C=O) groups excluding carboxylic acids is 1. The summed E-state index contributed by atoms with van der Waals surface area (Å²) in [5.41, 5.74) is 1.73. The molecule has 0 fully saturated rings. The van der Waals surface area contributed by atoms with E-state index >= 15 is 0 Å². The van der Waals surface area contributed by atoms with E-state index in [2.05, 4.69) is 5.82 Å². The van der Waals surface area contributed by atoms with Crippen molar-refractivity contribution in [2.24, 2.45) is 0 Å². The van der Waals surface area contributed by atoms with Crippen molar-refractivity contribution >= 4 is 31.0 Å². The Morgan fingerprint density at radius 2 is 1.61 bits per heavy atom. The Labute approximate surface area is 114 Å². The molecule has 3 heteroatoms. The van der Waals surface area contributed by atoms with Crippen molar-refractivity contribution in [1.29, 1.82) is 0 Å². The molecule has 92 valence electrons. The van der Waals surface area contributed by atoms with Gasteiger partial charge in [0.2, 0.25) is 0 Å². The number of benzene rings is 2. The predicted octanol–water partition coefficient (Wildman–Crippen LogP) is 2.34. The van der Waals surface area contributed by atoms with Gasteiger partial charge < -0.3 is 0 Å². The number of amides is 1. The minimum absolute atomic E-state index is 0.0560. The number of rotatable bonds is 3. The second kappa shape index (κ2) is 5.85. The molecule has 18 heavy (non-hydrogen) atoms. The van der Waals surface area contributed by atoms with Crippen molar-refractivity contribution < 1.29 is 4.79 Å². The van der Waals surface area contributed by atoms with Gasteiger partial charge in [-0.1, -0.05) is 0 Å². The fourth-order valence-electron chi connectivity index (χ4n) is 1.77. The van der Waals surface area contributed by atoms with Crippen LogP contribution in [0.4, 0.5) is 5.69 Å². The van der Waals surface area contributed by atoms with E-state index < -0.39 is 0 Å². The van der Waals surface area contributed by atoms with Crippen LogP contribution in [-0.2, 0) is 0 Å². The summed E-state index contributed by atoms with van der Waals surface area (Å²) in [6, 6.07) is 17.6. The Morgan fingerprint density at radius 3 is 2.28 bits per heavy atom. The molecule has 0 bridgehead atoms. The van der Waals surface area contributed by atoms with Crippen LogP contribution in [0.5, 0.6) is 0 Å². The van der Waals surface area contributed by atoms with Crippen LogP contribution in [0.3, 0.4) is 0 Å². The maximum absolute atomic E-state index is 12.5. The van der Waals surface area contributed by atoms with Gasteiger partial charge in [0.25, 0.3) is 0 Å². The van der Waals surface area contributed by atoms with Gasteiger partial charge in [-0.05, 0) is 0 Å². The molecule has 2 nitrogen and oxygen atoms in total. The summed E-state index contributed by atoms with van der Waals surface area (Å²) in [4.78, 5) is 14.2. The Bertz CT molecular complexity index is 539. The monoisotopic (exact) mass is 305 g/mol. The number of hydrogen-bond acceptors (Lipinski definition) is 1. The molecule has 0 radical (unpaired) electrons. The summed E-state index contributed by atoms with van der Waals surface area (Å²) >= 11 is 0.323. The molecule has 0 aliphatic heterocycles. The molecule has 0 aliphatic carbocycles. The van der Waals surface area contributed by atoms with Gasteiger partial charge in [0.15, 0.2) is 0 Å². The Balaban J connectivity index is 2.32. The number of hydrogen-bond donors (Lipinski definition) is 0. The molecule has 0 N–H and O–H groups in total. The van der Waals surface area contributed by atoms with Crippen LogP contribution in [0.25, 0.3) is 0 Å². The van der Waals surface area contributed by atoms with Crippen molar-refractivity contribution in [2.75, 3.05) is 11.9 Å². The van der Waals surface area contributed by atoms with Crippen molar-refractivity contribution in [2.45, 2.75) is 5.82 Å². The zero-order chi connectivity index (χ0) is 13.0. The van der Waals surface area contributed by atoms with Crippen LogP contribution < -0.4 is 9.36 Å². The fraction of sp³-hybridized carbons (Fsp3) is 0.133. The van der Waals surface area contributed by atoms with Crippen LogP contribution in [-0.4, -0.2) is 27.9 Å². The van der Waals surface area contributed by atoms with Crippen molar-refractivity contribution in [1.82, 2.24) is 0 Å². The van der Waals surface area contributed by atoms with E-state index in [0.717, 1.165) is 15.7 Å². The molecule has 0 saturated heterocycles. The van der Waals surface area contributed by atoms with Gasteiger partial charge in [0, 0.05) is 0 Å². The van der Waals surface area contributed by atoms with Gasteiger partial charge in [0.1, 0.15) is 0 Å². The molecule has 1 amide bonds. The normalized spacial score (nSPS) is 10.1. The Hall–Kier alpha value is -1.57. The number of anilines is 1. The summed E-state index contributed by atoms with van der Waals surface area (Å²) < 4.78 is 1.15. The summed E-state index contributed by atoms with van der Waals surface area (Å²) in [7, 11) is 1.82. The Morgan fingerprint density at radius 1 is 1.00 bits per heavy atom. The summed E-state index contributed by atoms with van der Waals surface area (Å²) in [6.45, 7) is 0. The first-order chi connectivity index (χ1) is 8.74. The third-order valence-electron chi connectivity index (χ3n) is 2.79. The zero-order valence-corrected chi connectivity index (χ0v) is 12.2. The van der Waals surface area contributed by atoms with Crippen LogP contribution in [0.15, 0.2) is 54.6 Å². The van der Waals surface area contributed by atoms with Crippen molar-refractivity contribution in [3.8, 4) is 0 Å².